The second-order valence-corrected chi connectivity index (χ2v) is 6.57. The van der Waals surface area contributed by atoms with Crippen LogP contribution in [0.5, 0.6) is 0 Å². The van der Waals surface area contributed by atoms with Crippen molar-refractivity contribution in [3.05, 3.63) is 90.0 Å². The minimum atomic E-state index is -0.658. The first-order chi connectivity index (χ1) is 10.2. The zero-order valence-electron chi connectivity index (χ0n) is 11.5. The van der Waals surface area contributed by atoms with Gasteiger partial charge in [-0.3, -0.25) is 4.79 Å². The predicted molar refractivity (Wildman–Crippen MR) is 90.6 cm³/mol. The number of alkyl halides is 1. The third-order valence-electron chi connectivity index (χ3n) is 3.66. The Kier molecular flexibility index (Phi) is 3.89. The molecule has 3 rings (SSSR count). The van der Waals surface area contributed by atoms with E-state index in [1.807, 2.05) is 60.7 Å². The monoisotopic (exact) mass is 338 g/mol. The Hall–Kier alpha value is -1.93. The second-order valence-electron chi connectivity index (χ2n) is 5.15. The number of ketones is 1. The van der Waals surface area contributed by atoms with Crippen LogP contribution in [0, 0.1) is 0 Å². The van der Waals surface area contributed by atoms with Crippen LogP contribution in [0.15, 0.2) is 78.9 Å². The Labute approximate surface area is 133 Å². The SMILES string of the molecule is O=C(c1ccccc1)C1(Br)C=CC=C(c2ccccc2)C1. The highest BCUT2D eigenvalue weighted by atomic mass is 79.9. The Bertz CT molecular complexity index is 701. The molecule has 0 spiro atoms. The average molecular weight is 339 g/mol. The molecule has 0 saturated heterocycles. The lowest BCUT2D eigenvalue weighted by Gasteiger charge is -2.26. The molecule has 0 heterocycles. The zero-order chi connectivity index (χ0) is 14.7. The number of carbonyl (C=O) groups is 1. The Morgan fingerprint density at radius 3 is 2.24 bits per heavy atom. The largest absolute Gasteiger partial charge is 0.292 e. The first-order valence-electron chi connectivity index (χ1n) is 6.92. The molecule has 1 unspecified atom stereocenters. The van der Waals surface area contributed by atoms with Gasteiger partial charge in [-0.05, 0) is 17.6 Å². The molecular formula is C19H15BrO. The normalized spacial score (nSPS) is 20.9. The van der Waals surface area contributed by atoms with Gasteiger partial charge in [0.15, 0.2) is 5.78 Å². The molecule has 0 radical (unpaired) electrons. The molecule has 1 aliphatic rings. The van der Waals surface area contributed by atoms with Gasteiger partial charge in [0, 0.05) is 5.56 Å². The van der Waals surface area contributed by atoms with Crippen LogP contribution >= 0.6 is 15.9 Å². The summed E-state index contributed by atoms with van der Waals surface area (Å²) in [6.07, 6.45) is 6.63. The van der Waals surface area contributed by atoms with E-state index in [-0.39, 0.29) is 5.78 Å². The van der Waals surface area contributed by atoms with E-state index in [0.29, 0.717) is 6.42 Å². The summed E-state index contributed by atoms with van der Waals surface area (Å²) in [7, 11) is 0. The summed E-state index contributed by atoms with van der Waals surface area (Å²) in [5.74, 6) is 0.0980. The highest BCUT2D eigenvalue weighted by Crippen LogP contribution is 2.38. The van der Waals surface area contributed by atoms with Gasteiger partial charge in [0.1, 0.15) is 4.32 Å². The number of carbonyl (C=O) groups excluding carboxylic acids is 1. The van der Waals surface area contributed by atoms with Crippen LogP contribution in [0.3, 0.4) is 0 Å². The summed E-state index contributed by atoms with van der Waals surface area (Å²) in [6.45, 7) is 0. The van der Waals surface area contributed by atoms with Crippen molar-refractivity contribution in [2.75, 3.05) is 0 Å². The van der Waals surface area contributed by atoms with Gasteiger partial charge in [-0.2, -0.15) is 0 Å². The van der Waals surface area contributed by atoms with Gasteiger partial charge in [0.05, 0.1) is 0 Å². The number of benzene rings is 2. The van der Waals surface area contributed by atoms with Crippen molar-refractivity contribution in [2.45, 2.75) is 10.7 Å². The van der Waals surface area contributed by atoms with Crippen LogP contribution in [0.25, 0.3) is 5.57 Å². The smallest absolute Gasteiger partial charge is 0.183 e. The van der Waals surface area contributed by atoms with E-state index < -0.39 is 4.32 Å². The van der Waals surface area contributed by atoms with Gasteiger partial charge < -0.3 is 0 Å². The Morgan fingerprint density at radius 1 is 0.952 bits per heavy atom. The molecule has 2 heteroatoms. The summed E-state index contributed by atoms with van der Waals surface area (Å²) in [4.78, 5) is 12.8. The standard InChI is InChI=1S/C19H15BrO/c20-19(18(21)16-10-5-2-6-11-16)13-7-12-17(14-19)15-8-3-1-4-9-15/h1-13H,14H2. The number of hydrogen-bond donors (Lipinski definition) is 0. The van der Waals surface area contributed by atoms with E-state index in [0.717, 1.165) is 11.1 Å². The molecule has 0 aromatic heterocycles. The van der Waals surface area contributed by atoms with Crippen molar-refractivity contribution in [1.82, 2.24) is 0 Å². The zero-order valence-corrected chi connectivity index (χ0v) is 13.1. The third-order valence-corrected chi connectivity index (χ3v) is 4.57. The third kappa shape index (κ3) is 2.91. The summed E-state index contributed by atoms with van der Waals surface area (Å²) < 4.78 is -0.658. The maximum absolute atomic E-state index is 12.8. The van der Waals surface area contributed by atoms with Crippen LogP contribution in [0.4, 0.5) is 0 Å². The fourth-order valence-corrected chi connectivity index (χ4v) is 3.23. The molecule has 0 aliphatic heterocycles. The maximum Gasteiger partial charge on any atom is 0.183 e. The van der Waals surface area contributed by atoms with Crippen molar-refractivity contribution in [2.24, 2.45) is 0 Å². The highest BCUT2D eigenvalue weighted by Gasteiger charge is 2.35. The van der Waals surface area contributed by atoms with Gasteiger partial charge in [0.2, 0.25) is 0 Å². The molecule has 104 valence electrons. The lowest BCUT2D eigenvalue weighted by atomic mass is 9.85. The number of halogens is 1. The summed E-state index contributed by atoms with van der Waals surface area (Å²) in [5.41, 5.74) is 3.05. The van der Waals surface area contributed by atoms with E-state index in [4.69, 9.17) is 0 Å². The summed E-state index contributed by atoms with van der Waals surface area (Å²) in [6, 6.07) is 19.6. The van der Waals surface area contributed by atoms with Gasteiger partial charge in [-0.1, -0.05) is 94.8 Å². The molecule has 1 aliphatic carbocycles. The first-order valence-corrected chi connectivity index (χ1v) is 7.71. The average Bonchev–Trinajstić information content (AvgIpc) is 2.56. The molecule has 21 heavy (non-hydrogen) atoms. The lowest BCUT2D eigenvalue weighted by molar-refractivity contribution is 0.0967. The number of hydrogen-bond acceptors (Lipinski definition) is 1. The van der Waals surface area contributed by atoms with Crippen molar-refractivity contribution in [1.29, 1.82) is 0 Å². The van der Waals surface area contributed by atoms with Crippen molar-refractivity contribution >= 4 is 27.3 Å². The fourth-order valence-electron chi connectivity index (χ4n) is 2.55. The van der Waals surface area contributed by atoms with Gasteiger partial charge >= 0.3 is 0 Å². The topological polar surface area (TPSA) is 17.1 Å². The quantitative estimate of drug-likeness (QED) is 0.565. The molecule has 0 bridgehead atoms. The molecule has 2 aromatic carbocycles. The predicted octanol–water partition coefficient (Wildman–Crippen LogP) is 5.05. The molecule has 0 saturated carbocycles. The fraction of sp³-hybridized carbons (Fsp3) is 0.105. The van der Waals surface area contributed by atoms with Crippen LogP contribution in [-0.2, 0) is 0 Å². The number of rotatable bonds is 3. The number of Topliss-reactive ketones (excluding diaryl/α,β-unsaturated/α-hetero) is 1. The molecule has 0 fully saturated rings. The lowest BCUT2D eigenvalue weighted by Crippen LogP contribution is -2.31. The van der Waals surface area contributed by atoms with Crippen molar-refractivity contribution in [3.8, 4) is 0 Å². The van der Waals surface area contributed by atoms with Gasteiger partial charge in [0.25, 0.3) is 0 Å². The summed E-state index contributed by atoms with van der Waals surface area (Å²) >= 11 is 3.66. The van der Waals surface area contributed by atoms with E-state index in [1.54, 1.807) is 0 Å². The summed E-state index contributed by atoms with van der Waals surface area (Å²) in [5, 5.41) is 0. The van der Waals surface area contributed by atoms with Crippen molar-refractivity contribution < 1.29 is 4.79 Å². The van der Waals surface area contributed by atoms with E-state index in [9.17, 15) is 4.79 Å². The van der Waals surface area contributed by atoms with Crippen LogP contribution < -0.4 is 0 Å². The van der Waals surface area contributed by atoms with Crippen LogP contribution in [0.1, 0.15) is 22.3 Å². The van der Waals surface area contributed by atoms with E-state index >= 15 is 0 Å². The minimum Gasteiger partial charge on any atom is -0.292 e. The molecule has 2 aromatic rings. The second kappa shape index (κ2) is 5.82. The Morgan fingerprint density at radius 2 is 1.57 bits per heavy atom. The minimum absolute atomic E-state index is 0.0980. The van der Waals surface area contributed by atoms with Crippen LogP contribution in [0.2, 0.25) is 0 Å². The van der Waals surface area contributed by atoms with Gasteiger partial charge in [-0.15, -0.1) is 0 Å². The van der Waals surface area contributed by atoms with Crippen LogP contribution in [-0.4, -0.2) is 10.1 Å². The Balaban J connectivity index is 1.89. The molecule has 0 N–H and O–H groups in total. The molecule has 0 amide bonds. The molecule has 1 atom stereocenters. The first kappa shape index (κ1) is 14.0. The maximum atomic E-state index is 12.8. The molecular weight excluding hydrogens is 324 g/mol. The van der Waals surface area contributed by atoms with Crippen molar-refractivity contribution in [3.63, 3.8) is 0 Å². The van der Waals surface area contributed by atoms with E-state index in [1.165, 1.54) is 5.57 Å². The highest BCUT2D eigenvalue weighted by molar-refractivity contribution is 9.10. The van der Waals surface area contributed by atoms with Gasteiger partial charge in [-0.25, -0.2) is 0 Å². The number of allylic oxidation sites excluding steroid dienone is 4. The van der Waals surface area contributed by atoms with E-state index in [2.05, 4.69) is 34.1 Å². The molecule has 1 nitrogen and oxygen atoms in total.